The number of halogens is 1. The summed E-state index contributed by atoms with van der Waals surface area (Å²) in [6.07, 6.45) is 3.58. The van der Waals surface area contributed by atoms with Crippen LogP contribution in [0, 0.1) is 15.5 Å². The van der Waals surface area contributed by atoms with Crippen LogP contribution in [0.5, 0.6) is 5.75 Å². The SMILES string of the molecule is CC(C)(C)Sc1c(CC(C)(C)C(=O)NCCCCCCO[N+](=O)[O-])n(Cc2ccc(Cl)cc2)c2ccc(OCc3ccc4ccccc4n3)cc12. The summed E-state index contributed by atoms with van der Waals surface area (Å²) in [4.78, 5) is 34.3. The Morgan fingerprint density at radius 2 is 1.71 bits per heavy atom. The first kappa shape index (κ1) is 38.0. The molecule has 51 heavy (non-hydrogen) atoms. The number of para-hydroxylation sites is 1. The molecule has 2 aromatic heterocycles. The number of ether oxygens (including phenoxy) is 1. The van der Waals surface area contributed by atoms with Crippen molar-refractivity contribution in [1.29, 1.82) is 0 Å². The van der Waals surface area contributed by atoms with Gasteiger partial charge in [-0.25, -0.2) is 4.98 Å². The van der Waals surface area contributed by atoms with Gasteiger partial charge < -0.3 is 19.5 Å². The van der Waals surface area contributed by atoms with Gasteiger partial charge in [-0.3, -0.25) is 4.79 Å². The van der Waals surface area contributed by atoms with Gasteiger partial charge in [-0.2, -0.15) is 0 Å². The molecule has 5 aromatic rings. The minimum absolute atomic E-state index is 0.0129. The zero-order chi connectivity index (χ0) is 36.6. The fourth-order valence-corrected chi connectivity index (χ4v) is 7.31. The molecule has 1 N–H and O–H groups in total. The molecule has 0 aliphatic heterocycles. The van der Waals surface area contributed by atoms with Gasteiger partial charge in [-0.05, 0) is 60.9 Å². The van der Waals surface area contributed by atoms with E-state index in [1.807, 2.05) is 68.4 Å². The van der Waals surface area contributed by atoms with E-state index in [0.29, 0.717) is 37.6 Å². The van der Waals surface area contributed by atoms with Gasteiger partial charge in [0, 0.05) is 61.6 Å². The largest absolute Gasteiger partial charge is 0.487 e. The first-order valence-electron chi connectivity index (χ1n) is 17.4. The molecule has 0 unspecified atom stereocenters. The quantitative estimate of drug-likeness (QED) is 0.0439. The monoisotopic (exact) mass is 730 g/mol. The van der Waals surface area contributed by atoms with Crippen LogP contribution >= 0.6 is 23.4 Å². The molecule has 0 bridgehead atoms. The van der Waals surface area contributed by atoms with Crippen molar-refractivity contribution in [3.05, 3.63) is 111 Å². The van der Waals surface area contributed by atoms with Crippen LogP contribution in [0.4, 0.5) is 0 Å². The molecule has 9 nitrogen and oxygen atoms in total. The molecular weight excluding hydrogens is 684 g/mol. The van der Waals surface area contributed by atoms with E-state index in [9.17, 15) is 14.9 Å². The Morgan fingerprint density at radius 3 is 2.45 bits per heavy atom. The van der Waals surface area contributed by atoms with E-state index in [1.165, 1.54) is 0 Å². The fraction of sp³-hybridized carbons (Fsp3) is 0.400. The lowest BCUT2D eigenvalue weighted by atomic mass is 9.86. The van der Waals surface area contributed by atoms with E-state index in [2.05, 4.69) is 59.8 Å². The number of unbranched alkanes of at least 4 members (excludes halogenated alkanes) is 3. The molecule has 0 fully saturated rings. The van der Waals surface area contributed by atoms with E-state index in [0.717, 1.165) is 68.7 Å². The third-order valence-electron chi connectivity index (χ3n) is 8.57. The second-order valence-electron chi connectivity index (χ2n) is 14.5. The number of thioether (sulfide) groups is 1. The third-order valence-corrected chi connectivity index (χ3v) is 10.1. The van der Waals surface area contributed by atoms with Gasteiger partial charge in [0.25, 0.3) is 5.09 Å². The maximum Gasteiger partial charge on any atom is 0.294 e. The van der Waals surface area contributed by atoms with E-state index >= 15 is 0 Å². The summed E-state index contributed by atoms with van der Waals surface area (Å²) in [5, 5.41) is 15.6. The predicted molar refractivity (Wildman–Crippen MR) is 206 cm³/mol. The Kier molecular flexibility index (Phi) is 12.5. The van der Waals surface area contributed by atoms with Gasteiger partial charge in [0.1, 0.15) is 12.4 Å². The van der Waals surface area contributed by atoms with E-state index < -0.39 is 10.5 Å². The molecule has 0 saturated carbocycles. The number of hydrogen-bond acceptors (Lipinski definition) is 7. The van der Waals surface area contributed by atoms with E-state index in [-0.39, 0.29) is 17.3 Å². The molecule has 0 atom stereocenters. The van der Waals surface area contributed by atoms with Crippen LogP contribution in [0.25, 0.3) is 21.8 Å². The van der Waals surface area contributed by atoms with Gasteiger partial charge in [0.2, 0.25) is 5.91 Å². The molecular formula is C40H47ClN4O5S. The maximum atomic E-state index is 13.7. The highest BCUT2D eigenvalue weighted by Gasteiger charge is 2.33. The van der Waals surface area contributed by atoms with Crippen LogP contribution in [0.1, 0.15) is 77.3 Å². The van der Waals surface area contributed by atoms with Crippen molar-refractivity contribution in [3.8, 4) is 5.75 Å². The van der Waals surface area contributed by atoms with Crippen molar-refractivity contribution in [3.63, 3.8) is 0 Å². The number of amides is 1. The van der Waals surface area contributed by atoms with Crippen LogP contribution in [-0.4, -0.2) is 38.4 Å². The summed E-state index contributed by atoms with van der Waals surface area (Å²) in [6, 6.07) is 26.3. The van der Waals surface area contributed by atoms with Gasteiger partial charge in [0.15, 0.2) is 0 Å². The first-order valence-corrected chi connectivity index (χ1v) is 18.6. The summed E-state index contributed by atoms with van der Waals surface area (Å²) in [5.74, 6) is 0.742. The highest BCUT2D eigenvalue weighted by atomic mass is 35.5. The number of fused-ring (bicyclic) bond motifs is 2. The number of pyridine rings is 1. The van der Waals surface area contributed by atoms with Crippen molar-refractivity contribution in [2.75, 3.05) is 13.2 Å². The number of nitrogens with one attached hydrogen (secondary N) is 1. The van der Waals surface area contributed by atoms with Gasteiger partial charge in [0.05, 0.1) is 17.8 Å². The Morgan fingerprint density at radius 1 is 0.961 bits per heavy atom. The summed E-state index contributed by atoms with van der Waals surface area (Å²) in [6.45, 7) is 12.2. The Hall–Kier alpha value is -4.28. The third kappa shape index (κ3) is 10.6. The molecule has 0 spiro atoms. The smallest absolute Gasteiger partial charge is 0.294 e. The standard InChI is InChI=1S/C40H47ClN4O5S/c1-39(2,3)51-37-33-24-32(49-27-31-19-16-29-12-8-9-13-34(29)43-31)20-21-35(33)44(26-28-14-17-30(41)18-15-28)36(37)25-40(4,5)38(46)42-22-10-6-7-11-23-50-45(47)48/h8-9,12-21,24H,6-7,10-11,22-23,25-27H2,1-5H3,(H,42,46). The number of rotatable bonds is 17. The van der Waals surface area contributed by atoms with Gasteiger partial charge in [-0.1, -0.05) is 95.5 Å². The first-order chi connectivity index (χ1) is 24.3. The number of hydrogen-bond donors (Lipinski definition) is 1. The summed E-state index contributed by atoms with van der Waals surface area (Å²) in [5.41, 5.74) is 4.36. The minimum atomic E-state index is -0.764. The van der Waals surface area contributed by atoms with Crippen molar-refractivity contribution in [2.24, 2.45) is 5.41 Å². The minimum Gasteiger partial charge on any atom is -0.487 e. The number of nitrogens with zero attached hydrogens (tertiary/aromatic N) is 3. The molecule has 5 rings (SSSR count). The van der Waals surface area contributed by atoms with Gasteiger partial charge >= 0.3 is 0 Å². The zero-order valence-corrected chi connectivity index (χ0v) is 31.6. The van der Waals surface area contributed by atoms with Crippen molar-refractivity contribution < 1.29 is 19.5 Å². The van der Waals surface area contributed by atoms with Crippen LogP contribution in [0.15, 0.2) is 83.8 Å². The molecule has 0 radical (unpaired) electrons. The molecule has 0 aliphatic carbocycles. The van der Waals surface area contributed by atoms with Crippen molar-refractivity contribution in [2.45, 2.75) is 89.5 Å². The normalized spacial score (nSPS) is 12.0. The molecule has 11 heteroatoms. The van der Waals surface area contributed by atoms with Crippen LogP contribution in [0.3, 0.4) is 0 Å². The van der Waals surface area contributed by atoms with E-state index in [1.54, 1.807) is 11.8 Å². The number of benzene rings is 3. The number of aromatic nitrogens is 2. The van der Waals surface area contributed by atoms with E-state index in [4.69, 9.17) is 21.3 Å². The van der Waals surface area contributed by atoms with Crippen LogP contribution in [0.2, 0.25) is 5.02 Å². The zero-order valence-electron chi connectivity index (χ0n) is 30.0. The second kappa shape index (κ2) is 16.8. The van der Waals surface area contributed by atoms with Crippen molar-refractivity contribution in [1.82, 2.24) is 14.9 Å². The fourth-order valence-electron chi connectivity index (χ4n) is 6.00. The Balaban J connectivity index is 1.42. The van der Waals surface area contributed by atoms with Crippen LogP contribution < -0.4 is 10.1 Å². The number of carbonyl (C=O) groups excluding carboxylic acids is 1. The average molecular weight is 731 g/mol. The van der Waals surface area contributed by atoms with Gasteiger partial charge in [-0.15, -0.1) is 21.9 Å². The Bertz CT molecular complexity index is 1970. The molecule has 0 aliphatic rings. The lowest BCUT2D eigenvalue weighted by Gasteiger charge is -2.27. The lowest BCUT2D eigenvalue weighted by molar-refractivity contribution is -0.757. The summed E-state index contributed by atoms with van der Waals surface area (Å²) in [7, 11) is 0. The molecule has 3 aromatic carbocycles. The molecule has 1 amide bonds. The highest BCUT2D eigenvalue weighted by molar-refractivity contribution is 8.00. The summed E-state index contributed by atoms with van der Waals surface area (Å²) < 4.78 is 8.59. The molecule has 270 valence electrons. The lowest BCUT2D eigenvalue weighted by Crippen LogP contribution is -2.39. The predicted octanol–water partition coefficient (Wildman–Crippen LogP) is 9.81. The molecule has 0 saturated heterocycles. The second-order valence-corrected chi connectivity index (χ2v) is 16.7. The van der Waals surface area contributed by atoms with Crippen molar-refractivity contribution >= 4 is 51.1 Å². The molecule has 2 heterocycles. The summed E-state index contributed by atoms with van der Waals surface area (Å²) >= 11 is 8.06. The highest BCUT2D eigenvalue weighted by Crippen LogP contribution is 2.44. The topological polar surface area (TPSA) is 109 Å². The average Bonchev–Trinajstić information content (AvgIpc) is 3.34. The van der Waals surface area contributed by atoms with Crippen LogP contribution in [-0.2, 0) is 29.2 Å². The Labute approximate surface area is 309 Å². The number of carbonyl (C=O) groups is 1. The maximum absolute atomic E-state index is 13.7.